The minimum atomic E-state index is -1.07. The van der Waals surface area contributed by atoms with Crippen LogP contribution >= 0.6 is 0 Å². The molecule has 0 fully saturated rings. The van der Waals surface area contributed by atoms with Crippen molar-refractivity contribution in [3.8, 4) is 5.75 Å². The fourth-order valence-corrected chi connectivity index (χ4v) is 7.49. The Morgan fingerprint density at radius 3 is 2.50 bits per heavy atom. The Hall–Kier alpha value is -8.08. The van der Waals surface area contributed by atoms with Gasteiger partial charge in [0.15, 0.2) is 11.6 Å². The molecule has 6 heterocycles. The van der Waals surface area contributed by atoms with Crippen LogP contribution in [0.4, 0.5) is 17.2 Å². The van der Waals surface area contributed by atoms with Crippen molar-refractivity contribution in [1.82, 2.24) is 28.2 Å². The quantitative estimate of drug-likeness (QED) is 0.0944. The number of carboxylic acids is 1. The van der Waals surface area contributed by atoms with Crippen LogP contribution in [0.25, 0.3) is 10.9 Å². The number of aromatic carboxylic acids is 1. The molecule has 0 unspecified atom stereocenters. The van der Waals surface area contributed by atoms with Crippen molar-refractivity contribution >= 4 is 69.7 Å². The summed E-state index contributed by atoms with van der Waals surface area (Å²) in [6.07, 6.45) is 15.9. The second-order valence-electron chi connectivity index (χ2n) is 15.1. The zero-order valence-electron chi connectivity index (χ0n) is 34.2. The Morgan fingerprint density at radius 2 is 1.69 bits per heavy atom. The molecular formula is C45H41N9O8. The molecule has 4 aromatic heterocycles. The Balaban J connectivity index is 0.834. The normalized spacial score (nSPS) is 14.1. The number of nitrogens with zero attached hydrogens (tertiary/aromatic N) is 7. The molecule has 8 rings (SSSR count). The van der Waals surface area contributed by atoms with E-state index in [0.29, 0.717) is 45.6 Å². The van der Waals surface area contributed by atoms with Gasteiger partial charge in [-0.15, -0.1) is 0 Å². The van der Waals surface area contributed by atoms with Gasteiger partial charge in [-0.1, -0.05) is 12.2 Å². The van der Waals surface area contributed by atoms with Crippen LogP contribution < -0.4 is 15.4 Å². The minimum absolute atomic E-state index is 0.0615. The van der Waals surface area contributed by atoms with E-state index in [2.05, 4.69) is 20.6 Å². The topological polar surface area (TPSA) is 204 Å². The summed E-state index contributed by atoms with van der Waals surface area (Å²) in [5.41, 5.74) is 3.93. The third-order valence-electron chi connectivity index (χ3n) is 10.6. The molecule has 17 heteroatoms. The van der Waals surface area contributed by atoms with Crippen molar-refractivity contribution in [2.24, 2.45) is 26.1 Å². The van der Waals surface area contributed by atoms with Gasteiger partial charge in [0.2, 0.25) is 11.7 Å². The molecule has 2 aliphatic rings. The number of nitrogens with one attached hydrogen (secondary N) is 2. The molecule has 0 aliphatic carbocycles. The van der Waals surface area contributed by atoms with Crippen LogP contribution in [-0.4, -0.2) is 87.5 Å². The third kappa shape index (κ3) is 8.10. The summed E-state index contributed by atoms with van der Waals surface area (Å²) in [4.78, 5) is 88.2. The first-order chi connectivity index (χ1) is 29.7. The SMILES string of the molecule is Cc1cc2c(cc1OCCCC(=O)Nc1cn(C)c(C(=O)Cc3cc(C(=O)Nc4cc(C(=O)n5ccc6cc(C(=O)O)ccc65)n(C)c4)n(C)c3)n1)N=C[C@@H]1C=CC=CN1C2=O. The number of ketones is 1. The first-order valence-electron chi connectivity index (χ1n) is 19.6. The number of aromatic nitrogens is 5. The Labute approximate surface area is 354 Å². The van der Waals surface area contributed by atoms with E-state index in [1.807, 2.05) is 19.1 Å². The second kappa shape index (κ2) is 16.5. The van der Waals surface area contributed by atoms with Crippen molar-refractivity contribution in [2.45, 2.75) is 32.2 Å². The van der Waals surface area contributed by atoms with E-state index < -0.39 is 11.9 Å². The summed E-state index contributed by atoms with van der Waals surface area (Å²) in [7, 11) is 5.01. The molecule has 0 saturated carbocycles. The van der Waals surface area contributed by atoms with E-state index in [4.69, 9.17) is 4.74 Å². The highest BCUT2D eigenvalue weighted by molar-refractivity contribution is 6.07. The van der Waals surface area contributed by atoms with Gasteiger partial charge in [0.05, 0.1) is 40.7 Å². The molecular weight excluding hydrogens is 795 g/mol. The Morgan fingerprint density at radius 1 is 0.887 bits per heavy atom. The molecule has 2 aromatic carbocycles. The summed E-state index contributed by atoms with van der Waals surface area (Å²) < 4.78 is 12.1. The number of anilines is 2. The lowest BCUT2D eigenvalue weighted by Gasteiger charge is -2.24. The summed E-state index contributed by atoms with van der Waals surface area (Å²) in [6, 6.07) is 12.6. The fourth-order valence-electron chi connectivity index (χ4n) is 7.49. The number of benzene rings is 2. The lowest BCUT2D eigenvalue weighted by molar-refractivity contribution is -0.116. The maximum atomic E-state index is 13.5. The number of hydrogen-bond acceptors (Lipinski definition) is 9. The molecule has 1 atom stereocenters. The van der Waals surface area contributed by atoms with Crippen LogP contribution in [-0.2, 0) is 32.4 Å². The number of aliphatic imine (C=N–C) groups is 1. The average Bonchev–Trinajstić information content (AvgIpc) is 4.01. The Bertz CT molecular complexity index is 2940. The number of carbonyl (C=O) groups is 6. The third-order valence-corrected chi connectivity index (χ3v) is 10.6. The fraction of sp³-hybridized carbons (Fsp3) is 0.200. The number of fused-ring (bicyclic) bond motifs is 3. The minimum Gasteiger partial charge on any atom is -0.493 e. The summed E-state index contributed by atoms with van der Waals surface area (Å²) >= 11 is 0. The zero-order chi connectivity index (χ0) is 43.8. The van der Waals surface area contributed by atoms with Gasteiger partial charge in [-0.25, -0.2) is 9.78 Å². The smallest absolute Gasteiger partial charge is 0.335 e. The van der Waals surface area contributed by atoms with Crippen LogP contribution in [0.15, 0.2) is 103 Å². The molecule has 3 amide bonds. The lowest BCUT2D eigenvalue weighted by atomic mass is 10.1. The van der Waals surface area contributed by atoms with Crippen molar-refractivity contribution in [3.05, 3.63) is 137 Å². The molecule has 3 N–H and O–H groups in total. The van der Waals surface area contributed by atoms with E-state index in [1.165, 1.54) is 21.3 Å². The largest absolute Gasteiger partial charge is 0.493 e. The number of amides is 3. The lowest BCUT2D eigenvalue weighted by Crippen LogP contribution is -2.36. The molecule has 0 spiro atoms. The number of rotatable bonds is 13. The highest BCUT2D eigenvalue weighted by Gasteiger charge is 2.27. The second-order valence-corrected chi connectivity index (χ2v) is 15.1. The van der Waals surface area contributed by atoms with Crippen molar-refractivity contribution in [2.75, 3.05) is 17.2 Å². The predicted molar refractivity (Wildman–Crippen MR) is 230 cm³/mol. The number of carboxylic acid groups (broad SMARTS) is 1. The van der Waals surface area contributed by atoms with Crippen LogP contribution in [0.5, 0.6) is 5.75 Å². The van der Waals surface area contributed by atoms with Gasteiger partial charge >= 0.3 is 5.97 Å². The summed E-state index contributed by atoms with van der Waals surface area (Å²) in [5.74, 6) is -1.76. The molecule has 0 bridgehead atoms. The molecule has 62 heavy (non-hydrogen) atoms. The number of aryl methyl sites for hydroxylation is 4. The van der Waals surface area contributed by atoms with Crippen molar-refractivity contribution in [1.29, 1.82) is 0 Å². The number of Topliss-reactive ketones (excluding diaryl/α,β-unsaturated/α-hetero) is 1. The molecule has 2 aliphatic heterocycles. The molecule has 6 aromatic rings. The van der Waals surface area contributed by atoms with Gasteiger partial charge in [0.25, 0.3) is 17.7 Å². The summed E-state index contributed by atoms with van der Waals surface area (Å²) in [6.45, 7) is 2.09. The van der Waals surface area contributed by atoms with Gasteiger partial charge in [-0.3, -0.25) is 33.5 Å². The predicted octanol–water partition coefficient (Wildman–Crippen LogP) is 5.83. The number of allylic oxidation sites excluding steroid dienone is 2. The van der Waals surface area contributed by atoms with Crippen LogP contribution in [0.2, 0.25) is 0 Å². The monoisotopic (exact) mass is 835 g/mol. The van der Waals surface area contributed by atoms with Crippen LogP contribution in [0, 0.1) is 6.92 Å². The Kier molecular flexibility index (Phi) is 10.8. The van der Waals surface area contributed by atoms with Gasteiger partial charge in [0.1, 0.15) is 17.1 Å². The van der Waals surface area contributed by atoms with Crippen LogP contribution in [0.3, 0.4) is 0 Å². The van der Waals surface area contributed by atoms with Gasteiger partial charge in [0, 0.05) is 82.6 Å². The molecule has 314 valence electrons. The zero-order valence-corrected chi connectivity index (χ0v) is 34.2. The number of ether oxygens (including phenoxy) is 1. The molecule has 0 saturated heterocycles. The standard InChI is InChI=1S/C45H41N9O8/c1-26-16-32-33(46-22-31-8-5-6-13-53(31)43(32)58)21-38(26)62-15-7-9-40(56)48-39-25-52(4)41(49-39)37(55)18-27-17-35(50(2)23-27)42(57)47-30-20-36(51(3)24-30)44(59)54-14-12-28-19-29(45(60)61)10-11-34(28)54/h5-6,8,10-14,16-17,19-25,31H,7,9,15,18H2,1-4H3,(H,47,57)(H,48,56)(H,60,61)/t31-/m0/s1. The van der Waals surface area contributed by atoms with E-state index in [0.717, 1.165) is 5.56 Å². The molecule has 0 radical (unpaired) electrons. The number of imidazole rings is 1. The highest BCUT2D eigenvalue weighted by atomic mass is 16.5. The van der Waals surface area contributed by atoms with E-state index in [9.17, 15) is 33.9 Å². The number of carbonyl (C=O) groups excluding carboxylic acids is 5. The van der Waals surface area contributed by atoms with Gasteiger partial charge in [-0.2, -0.15) is 0 Å². The van der Waals surface area contributed by atoms with Crippen LogP contribution in [0.1, 0.15) is 76.3 Å². The van der Waals surface area contributed by atoms with E-state index >= 15 is 0 Å². The average molecular weight is 836 g/mol. The maximum absolute atomic E-state index is 13.5. The first kappa shape index (κ1) is 40.7. The van der Waals surface area contributed by atoms with E-state index in [1.54, 1.807) is 115 Å². The maximum Gasteiger partial charge on any atom is 0.335 e. The highest BCUT2D eigenvalue weighted by Crippen LogP contribution is 2.33. The van der Waals surface area contributed by atoms with Gasteiger partial charge < -0.3 is 39.1 Å². The van der Waals surface area contributed by atoms with Crippen molar-refractivity contribution < 1.29 is 38.6 Å². The summed E-state index contributed by atoms with van der Waals surface area (Å²) in [5, 5.41) is 15.5. The number of hydrogen-bond donors (Lipinski definition) is 3. The molecule has 17 nitrogen and oxygen atoms in total. The first-order valence-corrected chi connectivity index (χ1v) is 19.6. The van der Waals surface area contributed by atoms with Crippen molar-refractivity contribution in [3.63, 3.8) is 0 Å². The van der Waals surface area contributed by atoms with E-state index in [-0.39, 0.29) is 77.6 Å². The van der Waals surface area contributed by atoms with Gasteiger partial charge in [-0.05, 0) is 73.0 Å².